The third kappa shape index (κ3) is 6.12. The van der Waals surface area contributed by atoms with Gasteiger partial charge in [0, 0.05) is 11.8 Å². The molecule has 26 heavy (non-hydrogen) atoms. The highest BCUT2D eigenvalue weighted by atomic mass is 32.2. The van der Waals surface area contributed by atoms with E-state index in [2.05, 4.69) is 9.38 Å². The summed E-state index contributed by atoms with van der Waals surface area (Å²) in [6.07, 6.45) is 1.72. The zero-order chi connectivity index (χ0) is 19.2. The van der Waals surface area contributed by atoms with Gasteiger partial charge in [0.2, 0.25) is 0 Å². The van der Waals surface area contributed by atoms with Gasteiger partial charge >= 0.3 is 0 Å². The molecule has 0 saturated carbocycles. The van der Waals surface area contributed by atoms with Crippen molar-refractivity contribution >= 4 is 17.1 Å². The molecule has 2 aromatic rings. The molecule has 0 spiro atoms. The molecule has 1 heterocycles. The number of rotatable bonds is 7. The summed E-state index contributed by atoms with van der Waals surface area (Å²) in [5, 5.41) is 0. The number of methoxy groups -OCH3 is 1. The van der Waals surface area contributed by atoms with Crippen LogP contribution < -0.4 is 4.74 Å². The van der Waals surface area contributed by atoms with Crippen molar-refractivity contribution in [1.82, 2.24) is 4.98 Å². The number of hydrogen-bond acceptors (Lipinski definition) is 5. The topological polar surface area (TPSA) is 66.8 Å². The van der Waals surface area contributed by atoms with Crippen LogP contribution in [0.4, 0.5) is 0 Å². The van der Waals surface area contributed by atoms with Crippen LogP contribution in [0.1, 0.15) is 44.5 Å². The molecule has 140 valence electrons. The Balaban J connectivity index is 1.96. The molecule has 0 saturated heterocycles. The van der Waals surface area contributed by atoms with Gasteiger partial charge in [0.05, 0.1) is 31.7 Å². The zero-order valence-corrected chi connectivity index (χ0v) is 16.8. The van der Waals surface area contributed by atoms with E-state index in [1.54, 1.807) is 13.3 Å². The maximum atomic E-state index is 12.2. The molecule has 1 aromatic heterocycles. The van der Waals surface area contributed by atoms with Crippen molar-refractivity contribution in [3.05, 3.63) is 59.4 Å². The first-order chi connectivity index (χ1) is 12.3. The largest absolute Gasteiger partial charge is 0.591 e. The van der Waals surface area contributed by atoms with Crippen LogP contribution in [0, 0.1) is 0 Å². The Labute approximate surface area is 158 Å². The van der Waals surface area contributed by atoms with E-state index in [0.29, 0.717) is 13.2 Å². The fourth-order valence-corrected chi connectivity index (χ4v) is 2.72. The van der Waals surface area contributed by atoms with Crippen LogP contribution in [0.25, 0.3) is 0 Å². The Bertz CT molecular complexity index is 739. The van der Waals surface area contributed by atoms with E-state index in [9.17, 15) is 4.55 Å². The van der Waals surface area contributed by atoms with Gasteiger partial charge in [-0.2, -0.15) is 0 Å². The minimum absolute atomic E-state index is 0.376. The number of aromatic nitrogens is 1. The predicted octanol–water partition coefficient (Wildman–Crippen LogP) is 4.08. The highest BCUT2D eigenvalue weighted by Gasteiger charge is 2.26. The third-order valence-corrected chi connectivity index (χ3v) is 5.14. The Kier molecular flexibility index (Phi) is 7.20. The molecule has 0 N–H and O–H groups in total. The van der Waals surface area contributed by atoms with Crippen molar-refractivity contribution in [2.75, 3.05) is 7.11 Å². The molecule has 1 unspecified atom stereocenters. The Morgan fingerprint density at radius 1 is 1.15 bits per heavy atom. The van der Waals surface area contributed by atoms with Gasteiger partial charge in [-0.3, -0.25) is 4.98 Å². The highest BCUT2D eigenvalue weighted by Crippen LogP contribution is 2.18. The molecular formula is C20H26N2O3S. The van der Waals surface area contributed by atoms with Crippen molar-refractivity contribution in [1.29, 1.82) is 0 Å². The van der Waals surface area contributed by atoms with Gasteiger partial charge in [0.1, 0.15) is 21.9 Å². The monoisotopic (exact) mass is 374 g/mol. The van der Waals surface area contributed by atoms with Crippen LogP contribution in [0.5, 0.6) is 5.75 Å². The van der Waals surface area contributed by atoms with Crippen LogP contribution in [0.2, 0.25) is 0 Å². The lowest BCUT2D eigenvalue weighted by molar-refractivity contribution is 0.104. The number of hydrogen-bond donors (Lipinski definition) is 0. The molecular weight excluding hydrogens is 348 g/mol. The van der Waals surface area contributed by atoms with Crippen LogP contribution in [-0.4, -0.2) is 27.1 Å². The standard InChI is InChI=1S/C20H26N2O3S/c1-15(22-26(23)20(2,3)4)17-10-11-21-18(12-17)14-25-13-16-6-8-19(24-5)9-7-16/h6-12H,13-14H2,1-5H3/b22-15-. The average molecular weight is 375 g/mol. The van der Waals surface area contributed by atoms with Crippen molar-refractivity contribution in [3.8, 4) is 5.75 Å². The number of pyridine rings is 1. The molecule has 1 aromatic carbocycles. The lowest BCUT2D eigenvalue weighted by Gasteiger charge is -2.18. The first-order valence-corrected chi connectivity index (χ1v) is 9.53. The van der Waals surface area contributed by atoms with Gasteiger partial charge in [-0.25, -0.2) is 0 Å². The quantitative estimate of drug-likeness (QED) is 0.541. The van der Waals surface area contributed by atoms with E-state index in [0.717, 1.165) is 28.3 Å². The van der Waals surface area contributed by atoms with Gasteiger partial charge in [-0.15, -0.1) is 0 Å². The molecule has 0 bridgehead atoms. The number of ether oxygens (including phenoxy) is 2. The molecule has 0 aliphatic heterocycles. The van der Waals surface area contributed by atoms with Gasteiger partial charge in [-0.05, 0) is 57.5 Å². The molecule has 0 fully saturated rings. The lowest BCUT2D eigenvalue weighted by atomic mass is 10.1. The van der Waals surface area contributed by atoms with E-state index < -0.39 is 11.4 Å². The van der Waals surface area contributed by atoms with Gasteiger partial charge < -0.3 is 14.0 Å². The fraction of sp³-hybridized carbons (Fsp3) is 0.400. The summed E-state index contributed by atoms with van der Waals surface area (Å²) >= 11 is -1.28. The summed E-state index contributed by atoms with van der Waals surface area (Å²) in [7, 11) is 1.65. The summed E-state index contributed by atoms with van der Waals surface area (Å²) < 4.78 is 27.0. The number of benzene rings is 1. The van der Waals surface area contributed by atoms with E-state index >= 15 is 0 Å². The molecule has 0 aliphatic carbocycles. The van der Waals surface area contributed by atoms with Gasteiger partial charge in [0.15, 0.2) is 0 Å². The van der Waals surface area contributed by atoms with Crippen molar-refractivity contribution in [2.45, 2.75) is 45.7 Å². The van der Waals surface area contributed by atoms with E-state index in [1.807, 2.05) is 64.1 Å². The SMILES string of the molecule is COc1ccc(COCc2cc(/C(C)=N\[S+]([O-])C(C)(C)C)ccn2)cc1. The van der Waals surface area contributed by atoms with Crippen molar-refractivity contribution in [3.63, 3.8) is 0 Å². The average Bonchev–Trinajstić information content (AvgIpc) is 2.61. The molecule has 2 rings (SSSR count). The maximum Gasteiger partial charge on any atom is 0.144 e. The Morgan fingerprint density at radius 2 is 1.85 bits per heavy atom. The van der Waals surface area contributed by atoms with E-state index in [4.69, 9.17) is 9.47 Å². The summed E-state index contributed by atoms with van der Waals surface area (Å²) in [6, 6.07) is 11.6. The van der Waals surface area contributed by atoms with Gasteiger partial charge in [-0.1, -0.05) is 16.5 Å². The van der Waals surface area contributed by atoms with Crippen LogP contribution >= 0.6 is 0 Å². The first-order valence-electron chi connectivity index (χ1n) is 8.43. The van der Waals surface area contributed by atoms with Crippen molar-refractivity contribution < 1.29 is 14.0 Å². The molecule has 1 atom stereocenters. The second kappa shape index (κ2) is 9.16. The van der Waals surface area contributed by atoms with Crippen LogP contribution in [-0.2, 0) is 29.3 Å². The minimum atomic E-state index is -1.28. The second-order valence-electron chi connectivity index (χ2n) is 6.91. The van der Waals surface area contributed by atoms with Crippen LogP contribution in [0.3, 0.4) is 0 Å². The van der Waals surface area contributed by atoms with E-state index in [1.165, 1.54) is 0 Å². The highest BCUT2D eigenvalue weighted by molar-refractivity contribution is 7.91. The van der Waals surface area contributed by atoms with Crippen LogP contribution in [0.15, 0.2) is 47.0 Å². The maximum absolute atomic E-state index is 12.2. The predicted molar refractivity (Wildman–Crippen MR) is 106 cm³/mol. The van der Waals surface area contributed by atoms with Crippen molar-refractivity contribution in [2.24, 2.45) is 4.40 Å². The molecule has 0 amide bonds. The summed E-state index contributed by atoms with van der Waals surface area (Å²) in [4.78, 5) is 4.33. The second-order valence-corrected chi connectivity index (χ2v) is 8.82. The molecule has 6 heteroatoms. The fourth-order valence-electron chi connectivity index (χ4n) is 2.09. The zero-order valence-electron chi connectivity index (χ0n) is 16.0. The van der Waals surface area contributed by atoms with E-state index in [-0.39, 0.29) is 4.75 Å². The third-order valence-electron chi connectivity index (χ3n) is 3.66. The first kappa shape index (κ1) is 20.4. The Morgan fingerprint density at radius 3 is 2.46 bits per heavy atom. The summed E-state index contributed by atoms with van der Waals surface area (Å²) in [6.45, 7) is 8.48. The normalized spacial score (nSPS) is 13.5. The summed E-state index contributed by atoms with van der Waals surface area (Å²) in [5.41, 5.74) is 3.52. The Hall–Kier alpha value is -1.89. The molecule has 0 radical (unpaired) electrons. The molecule has 5 nitrogen and oxygen atoms in total. The number of nitrogens with zero attached hydrogens (tertiary/aromatic N) is 2. The lowest BCUT2D eigenvalue weighted by Crippen LogP contribution is -2.26. The minimum Gasteiger partial charge on any atom is -0.591 e. The molecule has 0 aliphatic rings. The smallest absolute Gasteiger partial charge is 0.144 e. The summed E-state index contributed by atoms with van der Waals surface area (Å²) in [5.74, 6) is 0.825. The van der Waals surface area contributed by atoms with Gasteiger partial charge in [0.25, 0.3) is 0 Å².